The molecule has 1 aliphatic carbocycles. The molecule has 1 saturated carbocycles. The first-order chi connectivity index (χ1) is 16.8. The SMILES string of the molecule is CCC1(n2c(=O)c(C(C)=O)c(C)c3cnc(Nc4ccc(N5CCN(C)CC5)cc4)nc32)CCC1. The molecule has 0 bridgehead atoms. The zero-order valence-electron chi connectivity index (χ0n) is 21.1. The highest BCUT2D eigenvalue weighted by Gasteiger charge is 2.40. The van der Waals surface area contributed by atoms with Crippen LogP contribution in [0.3, 0.4) is 0 Å². The van der Waals surface area contributed by atoms with Gasteiger partial charge >= 0.3 is 0 Å². The summed E-state index contributed by atoms with van der Waals surface area (Å²) in [5.74, 6) is 0.231. The standard InChI is InChI=1S/C27H34N6O2/c1-5-27(11-6-12-27)33-24-22(18(2)23(19(3)34)25(33)35)17-28-26(30-24)29-20-7-9-21(10-8-20)32-15-13-31(4)14-16-32/h7-10,17H,5-6,11-16H2,1-4H3,(H,28,29,30). The quantitative estimate of drug-likeness (QED) is 0.539. The van der Waals surface area contributed by atoms with Crippen molar-refractivity contribution in [2.45, 2.75) is 52.0 Å². The molecule has 1 aromatic carbocycles. The molecule has 2 aromatic heterocycles. The lowest BCUT2D eigenvalue weighted by Gasteiger charge is -2.43. The smallest absolute Gasteiger partial charge is 0.263 e. The molecule has 5 rings (SSSR count). The van der Waals surface area contributed by atoms with E-state index < -0.39 is 0 Å². The first-order valence-corrected chi connectivity index (χ1v) is 12.6. The molecule has 0 spiro atoms. The minimum Gasteiger partial charge on any atom is -0.369 e. The maximum atomic E-state index is 13.6. The zero-order valence-corrected chi connectivity index (χ0v) is 21.1. The zero-order chi connectivity index (χ0) is 24.7. The molecule has 0 amide bonds. The average Bonchev–Trinajstić information content (AvgIpc) is 2.81. The summed E-state index contributed by atoms with van der Waals surface area (Å²) in [5.41, 5.74) is 3.09. The van der Waals surface area contributed by atoms with E-state index in [1.54, 1.807) is 10.8 Å². The van der Waals surface area contributed by atoms with Crippen LogP contribution < -0.4 is 15.8 Å². The molecular weight excluding hydrogens is 440 g/mol. The topological polar surface area (TPSA) is 83.4 Å². The molecular formula is C27H34N6O2. The summed E-state index contributed by atoms with van der Waals surface area (Å²) in [6, 6.07) is 8.32. The lowest BCUT2D eigenvalue weighted by Crippen LogP contribution is -2.47. The van der Waals surface area contributed by atoms with E-state index in [9.17, 15) is 9.59 Å². The van der Waals surface area contributed by atoms with Crippen molar-refractivity contribution in [3.05, 3.63) is 51.9 Å². The molecule has 1 saturated heterocycles. The van der Waals surface area contributed by atoms with Gasteiger partial charge in [0.1, 0.15) is 5.65 Å². The number of fused-ring (bicyclic) bond motifs is 1. The highest BCUT2D eigenvalue weighted by molar-refractivity contribution is 5.99. The van der Waals surface area contributed by atoms with E-state index in [1.165, 1.54) is 12.6 Å². The number of anilines is 3. The number of carbonyl (C=O) groups is 1. The van der Waals surface area contributed by atoms with E-state index in [2.05, 4.69) is 46.2 Å². The molecule has 2 fully saturated rings. The molecule has 3 heterocycles. The summed E-state index contributed by atoms with van der Waals surface area (Å²) < 4.78 is 1.79. The van der Waals surface area contributed by atoms with E-state index in [4.69, 9.17) is 4.98 Å². The van der Waals surface area contributed by atoms with Crippen LogP contribution in [0.2, 0.25) is 0 Å². The van der Waals surface area contributed by atoms with Crippen LogP contribution in [0, 0.1) is 6.92 Å². The number of hydrogen-bond acceptors (Lipinski definition) is 7. The third-order valence-corrected chi connectivity index (χ3v) is 7.94. The summed E-state index contributed by atoms with van der Waals surface area (Å²) >= 11 is 0. The molecule has 3 aromatic rings. The predicted molar refractivity (Wildman–Crippen MR) is 140 cm³/mol. The van der Waals surface area contributed by atoms with Gasteiger partial charge in [-0.1, -0.05) is 6.92 Å². The van der Waals surface area contributed by atoms with Gasteiger partial charge in [-0.05, 0) is 76.4 Å². The van der Waals surface area contributed by atoms with Gasteiger partial charge in [0.05, 0.1) is 5.56 Å². The van der Waals surface area contributed by atoms with E-state index in [0.717, 1.165) is 62.9 Å². The Labute approximate surface area is 206 Å². The van der Waals surface area contributed by atoms with Gasteiger partial charge in [0.2, 0.25) is 5.95 Å². The third kappa shape index (κ3) is 4.10. The molecule has 0 unspecified atom stereocenters. The number of likely N-dealkylation sites (N-methyl/N-ethyl adjacent to an activating group) is 1. The van der Waals surface area contributed by atoms with Gasteiger partial charge in [-0.15, -0.1) is 0 Å². The monoisotopic (exact) mass is 474 g/mol. The molecule has 0 radical (unpaired) electrons. The molecule has 1 N–H and O–H groups in total. The van der Waals surface area contributed by atoms with E-state index in [0.29, 0.717) is 17.2 Å². The minimum atomic E-state index is -0.289. The van der Waals surface area contributed by atoms with Crippen molar-refractivity contribution in [3.63, 3.8) is 0 Å². The van der Waals surface area contributed by atoms with Gasteiger partial charge in [0.25, 0.3) is 5.56 Å². The number of Topliss-reactive ketones (excluding diaryl/α,β-unsaturated/α-hetero) is 1. The number of ketones is 1. The summed E-state index contributed by atoms with van der Waals surface area (Å²) in [6.07, 6.45) is 5.46. The molecule has 8 nitrogen and oxygen atoms in total. The first kappa shape index (κ1) is 23.5. The predicted octanol–water partition coefficient (Wildman–Crippen LogP) is 4.09. The Balaban J connectivity index is 1.51. The molecule has 8 heteroatoms. The Morgan fingerprint density at radius 1 is 1.11 bits per heavy atom. The number of pyridine rings is 1. The molecule has 184 valence electrons. The lowest BCUT2D eigenvalue weighted by atomic mass is 9.74. The Kier molecular flexibility index (Phi) is 6.09. The van der Waals surface area contributed by atoms with Crippen molar-refractivity contribution in [2.24, 2.45) is 0 Å². The number of aromatic nitrogens is 3. The van der Waals surface area contributed by atoms with Crippen LogP contribution in [0.1, 0.15) is 55.5 Å². The van der Waals surface area contributed by atoms with Crippen molar-refractivity contribution in [2.75, 3.05) is 43.4 Å². The number of aryl methyl sites for hydroxylation is 1. The lowest BCUT2D eigenvalue weighted by molar-refractivity contribution is 0.101. The van der Waals surface area contributed by atoms with Gasteiger partial charge in [-0.25, -0.2) is 4.98 Å². The average molecular weight is 475 g/mol. The minimum absolute atomic E-state index is 0.212. The van der Waals surface area contributed by atoms with Crippen LogP contribution >= 0.6 is 0 Å². The molecule has 35 heavy (non-hydrogen) atoms. The van der Waals surface area contributed by atoms with Crippen LogP contribution in [0.4, 0.5) is 17.3 Å². The van der Waals surface area contributed by atoms with Crippen molar-refractivity contribution in [3.8, 4) is 0 Å². The van der Waals surface area contributed by atoms with Gasteiger partial charge in [0.15, 0.2) is 5.78 Å². The number of piperazine rings is 1. The van der Waals surface area contributed by atoms with Gasteiger partial charge in [-0.3, -0.25) is 14.2 Å². The maximum absolute atomic E-state index is 13.6. The third-order valence-electron chi connectivity index (χ3n) is 7.94. The second-order valence-electron chi connectivity index (χ2n) is 10.0. The van der Waals surface area contributed by atoms with E-state index in [1.807, 2.05) is 19.1 Å². The number of nitrogens with zero attached hydrogens (tertiary/aromatic N) is 5. The Morgan fingerprint density at radius 2 is 1.80 bits per heavy atom. The number of carbonyl (C=O) groups excluding carboxylic acids is 1. The molecule has 2 aliphatic rings. The van der Waals surface area contributed by atoms with Gasteiger partial charge in [0, 0.05) is 54.7 Å². The van der Waals surface area contributed by atoms with Crippen molar-refractivity contribution in [1.82, 2.24) is 19.4 Å². The van der Waals surface area contributed by atoms with Gasteiger partial charge < -0.3 is 15.1 Å². The first-order valence-electron chi connectivity index (χ1n) is 12.6. The van der Waals surface area contributed by atoms with Crippen LogP contribution in [-0.2, 0) is 5.54 Å². The fourth-order valence-corrected chi connectivity index (χ4v) is 5.50. The summed E-state index contributed by atoms with van der Waals surface area (Å²) in [5, 5.41) is 4.07. The number of rotatable bonds is 6. The summed E-state index contributed by atoms with van der Waals surface area (Å²) in [6.45, 7) is 9.56. The van der Waals surface area contributed by atoms with Crippen molar-refractivity contribution < 1.29 is 4.79 Å². The second kappa shape index (κ2) is 9.07. The maximum Gasteiger partial charge on any atom is 0.263 e. The normalized spacial score (nSPS) is 17.9. The van der Waals surface area contributed by atoms with Crippen molar-refractivity contribution >= 4 is 34.1 Å². The van der Waals surface area contributed by atoms with Gasteiger partial charge in [-0.2, -0.15) is 4.98 Å². The fourth-order valence-electron chi connectivity index (χ4n) is 5.50. The molecule has 1 aliphatic heterocycles. The Bertz CT molecular complexity index is 1310. The van der Waals surface area contributed by atoms with Crippen LogP contribution in [0.5, 0.6) is 0 Å². The second-order valence-corrected chi connectivity index (χ2v) is 10.0. The summed E-state index contributed by atoms with van der Waals surface area (Å²) in [7, 11) is 2.16. The fraction of sp³-hybridized carbons (Fsp3) is 0.481. The van der Waals surface area contributed by atoms with Crippen LogP contribution in [0.15, 0.2) is 35.3 Å². The highest BCUT2D eigenvalue weighted by atomic mass is 16.1. The van der Waals surface area contributed by atoms with E-state index >= 15 is 0 Å². The number of nitrogens with one attached hydrogen (secondary N) is 1. The largest absolute Gasteiger partial charge is 0.369 e. The van der Waals surface area contributed by atoms with Crippen molar-refractivity contribution in [1.29, 1.82) is 0 Å². The molecule has 0 atom stereocenters. The van der Waals surface area contributed by atoms with Crippen LogP contribution in [0.25, 0.3) is 11.0 Å². The highest BCUT2D eigenvalue weighted by Crippen LogP contribution is 2.43. The summed E-state index contributed by atoms with van der Waals surface area (Å²) in [4.78, 5) is 40.1. The Morgan fingerprint density at radius 3 is 2.37 bits per heavy atom. The van der Waals surface area contributed by atoms with E-state index in [-0.39, 0.29) is 22.4 Å². The Hall–Kier alpha value is -3.26. The van der Waals surface area contributed by atoms with Crippen LogP contribution in [-0.4, -0.2) is 58.4 Å². The number of hydrogen-bond donors (Lipinski definition) is 1. The number of benzene rings is 1.